The smallest absolute Gasteiger partial charge is 0.191 e. The Bertz CT molecular complexity index is 724. The zero-order valence-corrected chi connectivity index (χ0v) is 17.0. The van der Waals surface area contributed by atoms with E-state index < -0.39 is 0 Å². The van der Waals surface area contributed by atoms with Crippen molar-refractivity contribution >= 4 is 27.5 Å². The number of hydrogen-bond donors (Lipinski definition) is 2. The summed E-state index contributed by atoms with van der Waals surface area (Å²) < 4.78 is 9.00. The fraction of sp³-hybridized carbons (Fsp3) is 0.579. The molecule has 0 radical (unpaired) electrons. The zero-order valence-electron chi connectivity index (χ0n) is 15.4. The molecular formula is C19H28BrN5O. The third-order valence-corrected chi connectivity index (χ3v) is 5.11. The van der Waals surface area contributed by atoms with Crippen LogP contribution in [0.4, 0.5) is 0 Å². The van der Waals surface area contributed by atoms with Crippen LogP contribution in [0.25, 0.3) is 5.65 Å². The van der Waals surface area contributed by atoms with Crippen molar-refractivity contribution in [1.29, 1.82) is 0 Å². The van der Waals surface area contributed by atoms with Crippen molar-refractivity contribution in [3.8, 4) is 0 Å². The first kappa shape index (κ1) is 19.2. The number of hydrogen-bond acceptors (Lipinski definition) is 3. The Morgan fingerprint density at radius 3 is 2.92 bits per heavy atom. The molecule has 1 aliphatic carbocycles. The fourth-order valence-corrected chi connectivity index (χ4v) is 3.61. The zero-order chi connectivity index (χ0) is 18.2. The quantitative estimate of drug-likeness (QED) is 0.407. The lowest BCUT2D eigenvalue weighted by atomic mass is 9.98. The number of aromatic nitrogens is 2. The number of pyridine rings is 1. The Balaban J connectivity index is 1.36. The number of ether oxygens (including phenoxy) is 1. The molecule has 2 N–H and O–H groups in total. The second-order valence-corrected chi connectivity index (χ2v) is 7.60. The minimum atomic E-state index is 0.483. The van der Waals surface area contributed by atoms with Gasteiger partial charge in [-0.2, -0.15) is 0 Å². The topological polar surface area (TPSA) is 63.0 Å². The third kappa shape index (κ3) is 5.71. The SMILES string of the molecule is CN=C(NCCCOC1CCCCC1)NCc1cn2cc(Br)ccc2n1. The third-order valence-electron chi connectivity index (χ3n) is 4.64. The standard InChI is InChI=1S/C19H28BrN5O/c1-21-19(22-10-5-11-26-17-6-3-2-4-7-17)23-12-16-14-25-13-15(20)8-9-18(25)24-16/h8-9,13-14,17H,2-7,10-12H2,1H3,(H2,21,22,23). The maximum Gasteiger partial charge on any atom is 0.191 e. The molecule has 3 rings (SSSR count). The van der Waals surface area contributed by atoms with Crippen LogP contribution in [0, 0.1) is 0 Å². The maximum atomic E-state index is 5.95. The van der Waals surface area contributed by atoms with E-state index in [-0.39, 0.29) is 0 Å². The Morgan fingerprint density at radius 2 is 2.12 bits per heavy atom. The molecule has 0 saturated heterocycles. The van der Waals surface area contributed by atoms with Gasteiger partial charge in [-0.05, 0) is 47.3 Å². The predicted molar refractivity (Wildman–Crippen MR) is 109 cm³/mol. The summed E-state index contributed by atoms with van der Waals surface area (Å²) in [5, 5.41) is 6.65. The summed E-state index contributed by atoms with van der Waals surface area (Å²) in [6.07, 6.45) is 12.0. The van der Waals surface area contributed by atoms with E-state index in [4.69, 9.17) is 4.74 Å². The molecule has 1 aliphatic rings. The summed E-state index contributed by atoms with van der Waals surface area (Å²) in [6, 6.07) is 3.99. The van der Waals surface area contributed by atoms with Crippen molar-refractivity contribution in [3.63, 3.8) is 0 Å². The van der Waals surface area contributed by atoms with E-state index in [1.807, 2.05) is 28.9 Å². The monoisotopic (exact) mass is 421 g/mol. The number of guanidine groups is 1. The summed E-state index contributed by atoms with van der Waals surface area (Å²) in [6.45, 7) is 2.30. The van der Waals surface area contributed by atoms with Gasteiger partial charge in [0.25, 0.3) is 0 Å². The van der Waals surface area contributed by atoms with Crippen molar-refractivity contribution in [2.75, 3.05) is 20.2 Å². The molecule has 2 aromatic heterocycles. The highest BCUT2D eigenvalue weighted by molar-refractivity contribution is 9.10. The summed E-state index contributed by atoms with van der Waals surface area (Å²) in [5.41, 5.74) is 1.92. The van der Waals surface area contributed by atoms with Gasteiger partial charge in [0.05, 0.1) is 18.3 Å². The lowest BCUT2D eigenvalue weighted by Crippen LogP contribution is -2.37. The van der Waals surface area contributed by atoms with Crippen LogP contribution in [0.15, 0.2) is 34.0 Å². The Labute approximate surface area is 163 Å². The summed E-state index contributed by atoms with van der Waals surface area (Å²) >= 11 is 3.48. The molecule has 1 saturated carbocycles. The van der Waals surface area contributed by atoms with Crippen LogP contribution >= 0.6 is 15.9 Å². The largest absolute Gasteiger partial charge is 0.378 e. The summed E-state index contributed by atoms with van der Waals surface area (Å²) in [5.74, 6) is 0.793. The molecule has 2 heterocycles. The molecule has 0 atom stereocenters. The van der Waals surface area contributed by atoms with Crippen LogP contribution in [-0.2, 0) is 11.3 Å². The van der Waals surface area contributed by atoms with Gasteiger partial charge in [-0.25, -0.2) is 4.98 Å². The van der Waals surface area contributed by atoms with Gasteiger partial charge < -0.3 is 19.8 Å². The van der Waals surface area contributed by atoms with E-state index in [2.05, 4.69) is 36.5 Å². The van der Waals surface area contributed by atoms with Crippen LogP contribution in [0.3, 0.4) is 0 Å². The van der Waals surface area contributed by atoms with Gasteiger partial charge in [0.2, 0.25) is 0 Å². The van der Waals surface area contributed by atoms with E-state index in [0.29, 0.717) is 12.6 Å². The second-order valence-electron chi connectivity index (χ2n) is 6.68. The minimum absolute atomic E-state index is 0.483. The predicted octanol–water partition coefficient (Wildman–Crippen LogP) is 3.50. The number of rotatable bonds is 7. The van der Waals surface area contributed by atoms with Crippen LogP contribution in [0.5, 0.6) is 0 Å². The first-order valence-electron chi connectivity index (χ1n) is 9.44. The number of nitrogens with one attached hydrogen (secondary N) is 2. The summed E-state index contributed by atoms with van der Waals surface area (Å²) in [7, 11) is 1.79. The first-order valence-corrected chi connectivity index (χ1v) is 10.2. The van der Waals surface area contributed by atoms with Crippen molar-refractivity contribution in [1.82, 2.24) is 20.0 Å². The number of nitrogens with zero attached hydrogens (tertiary/aromatic N) is 3. The molecule has 1 fully saturated rings. The molecule has 7 heteroatoms. The molecule has 0 spiro atoms. The molecule has 0 aliphatic heterocycles. The van der Waals surface area contributed by atoms with Crippen LogP contribution in [0.1, 0.15) is 44.2 Å². The highest BCUT2D eigenvalue weighted by atomic mass is 79.9. The van der Waals surface area contributed by atoms with E-state index in [9.17, 15) is 0 Å². The van der Waals surface area contributed by atoms with E-state index in [0.717, 1.165) is 41.3 Å². The van der Waals surface area contributed by atoms with E-state index in [1.54, 1.807) is 7.05 Å². The van der Waals surface area contributed by atoms with Crippen LogP contribution in [-0.4, -0.2) is 41.6 Å². The van der Waals surface area contributed by atoms with Gasteiger partial charge in [0.1, 0.15) is 5.65 Å². The van der Waals surface area contributed by atoms with E-state index >= 15 is 0 Å². The van der Waals surface area contributed by atoms with Gasteiger partial charge in [-0.15, -0.1) is 0 Å². The Kier molecular flexibility index (Phi) is 7.32. The molecule has 26 heavy (non-hydrogen) atoms. The van der Waals surface area contributed by atoms with Gasteiger partial charge >= 0.3 is 0 Å². The average molecular weight is 422 g/mol. The number of halogens is 1. The van der Waals surface area contributed by atoms with Gasteiger partial charge in [0.15, 0.2) is 5.96 Å². The van der Waals surface area contributed by atoms with Crippen molar-refractivity contribution in [3.05, 3.63) is 34.7 Å². The molecular weight excluding hydrogens is 394 g/mol. The number of imidazole rings is 1. The van der Waals surface area contributed by atoms with Gasteiger partial charge in [0, 0.05) is 37.1 Å². The molecule has 142 valence electrons. The Hall–Kier alpha value is -1.60. The fourth-order valence-electron chi connectivity index (χ4n) is 3.26. The Morgan fingerprint density at radius 1 is 1.27 bits per heavy atom. The highest BCUT2D eigenvalue weighted by Crippen LogP contribution is 2.20. The molecule has 0 bridgehead atoms. The molecule has 6 nitrogen and oxygen atoms in total. The number of fused-ring (bicyclic) bond motifs is 1. The van der Waals surface area contributed by atoms with Gasteiger partial charge in [-0.1, -0.05) is 19.3 Å². The minimum Gasteiger partial charge on any atom is -0.378 e. The van der Waals surface area contributed by atoms with Gasteiger partial charge in [-0.3, -0.25) is 4.99 Å². The molecule has 0 unspecified atom stereocenters. The van der Waals surface area contributed by atoms with Crippen molar-refractivity contribution in [2.24, 2.45) is 4.99 Å². The molecule has 0 aromatic carbocycles. The molecule has 2 aromatic rings. The van der Waals surface area contributed by atoms with Crippen molar-refractivity contribution < 1.29 is 4.74 Å². The highest BCUT2D eigenvalue weighted by Gasteiger charge is 2.13. The summed E-state index contributed by atoms with van der Waals surface area (Å²) in [4.78, 5) is 8.87. The van der Waals surface area contributed by atoms with E-state index in [1.165, 1.54) is 32.1 Å². The second kappa shape index (κ2) is 9.92. The maximum absolute atomic E-state index is 5.95. The number of aliphatic imine (C=N–C) groups is 1. The lowest BCUT2D eigenvalue weighted by molar-refractivity contribution is 0.0277. The average Bonchev–Trinajstić information content (AvgIpc) is 3.06. The van der Waals surface area contributed by atoms with Crippen LogP contribution < -0.4 is 10.6 Å². The normalized spacial score (nSPS) is 16.2. The van der Waals surface area contributed by atoms with Crippen molar-refractivity contribution in [2.45, 2.75) is 51.2 Å². The lowest BCUT2D eigenvalue weighted by Gasteiger charge is -2.22. The first-order chi connectivity index (χ1) is 12.7. The molecule has 0 amide bonds. The van der Waals surface area contributed by atoms with Crippen LogP contribution in [0.2, 0.25) is 0 Å².